The molecule has 42 heavy (non-hydrogen) atoms. The number of para-hydroxylation sites is 4. The Hall–Kier alpha value is -5.05. The molecule has 4 nitrogen and oxygen atoms in total. The quantitative estimate of drug-likeness (QED) is 0.153. The molecule has 0 fully saturated rings. The lowest BCUT2D eigenvalue weighted by atomic mass is 10.3. The minimum atomic E-state index is -3.84. The fourth-order valence-corrected chi connectivity index (χ4v) is 16.2. The van der Waals surface area contributed by atoms with Crippen molar-refractivity contribution in [1.82, 2.24) is 0 Å². The molecule has 0 saturated carbocycles. The van der Waals surface area contributed by atoms with Gasteiger partial charge in [0.2, 0.25) is 0 Å². The van der Waals surface area contributed by atoms with E-state index in [2.05, 4.69) is 24.3 Å². The predicted molar refractivity (Wildman–Crippen MR) is 172 cm³/mol. The summed E-state index contributed by atoms with van der Waals surface area (Å²) in [7, 11) is -7.69. The Bertz CT molecular complexity index is 1440. The highest BCUT2D eigenvalue weighted by atomic mass is 29.3. The van der Waals surface area contributed by atoms with Gasteiger partial charge >= 0.3 is 16.2 Å². The first kappa shape index (κ1) is 27.1. The van der Waals surface area contributed by atoms with Gasteiger partial charge in [0.05, 0.1) is 0 Å². The molecule has 0 bridgehead atoms. The van der Waals surface area contributed by atoms with E-state index in [9.17, 15) is 0 Å². The van der Waals surface area contributed by atoms with Crippen molar-refractivity contribution >= 4 is 26.5 Å². The predicted octanol–water partition coefficient (Wildman–Crippen LogP) is 7.08. The molecule has 6 rings (SSSR count). The maximum absolute atomic E-state index is 7.28. The lowest BCUT2D eigenvalue weighted by Crippen LogP contribution is -2.87. The van der Waals surface area contributed by atoms with Crippen LogP contribution >= 0.6 is 0 Å². The Morgan fingerprint density at radius 1 is 0.238 bits per heavy atom. The molecule has 0 radical (unpaired) electrons. The molecule has 0 unspecified atom stereocenters. The molecule has 0 saturated heterocycles. The fourth-order valence-electron chi connectivity index (χ4n) is 4.86. The lowest BCUT2D eigenvalue weighted by molar-refractivity contribution is 0.360. The monoisotopic (exact) mass is 582 g/mol. The first-order chi connectivity index (χ1) is 20.8. The van der Waals surface area contributed by atoms with E-state index < -0.39 is 16.2 Å². The van der Waals surface area contributed by atoms with E-state index in [0.717, 1.165) is 10.4 Å². The normalized spacial score (nSPS) is 11.3. The number of hydrogen-bond donors (Lipinski definition) is 0. The second kappa shape index (κ2) is 12.6. The van der Waals surface area contributed by atoms with Crippen LogP contribution in [0.5, 0.6) is 23.0 Å². The fraction of sp³-hybridized carbons (Fsp3) is 0. The molecular weight excluding hydrogens is 553 g/mol. The summed E-state index contributed by atoms with van der Waals surface area (Å²) >= 11 is 0. The Kier molecular flexibility index (Phi) is 8.17. The highest BCUT2D eigenvalue weighted by Gasteiger charge is 2.76. The van der Waals surface area contributed by atoms with E-state index in [4.69, 9.17) is 17.7 Å². The maximum atomic E-state index is 7.28. The van der Waals surface area contributed by atoms with E-state index in [-0.39, 0.29) is 0 Å². The molecule has 0 spiro atoms. The molecule has 0 amide bonds. The van der Waals surface area contributed by atoms with Crippen LogP contribution in [0, 0.1) is 0 Å². The Morgan fingerprint density at radius 3 is 0.643 bits per heavy atom. The molecule has 6 aromatic rings. The van der Waals surface area contributed by atoms with Crippen molar-refractivity contribution in [2.45, 2.75) is 0 Å². The third-order valence-corrected chi connectivity index (χ3v) is 17.5. The van der Waals surface area contributed by atoms with Crippen LogP contribution in [0.2, 0.25) is 0 Å². The zero-order valence-corrected chi connectivity index (χ0v) is 25.0. The molecule has 0 aliphatic carbocycles. The standard InChI is InChI=1S/C36H30O4Si2/c1-7-19-31(20-8-1)37-41(35-27-15-5-16-28-35,38-32-21-9-2-10-22-32)42(36-29-17-6-18-30-36,39-33-23-11-3-12-24-33)40-34-25-13-4-14-26-34/h1-30H. The van der Waals surface area contributed by atoms with Gasteiger partial charge < -0.3 is 17.7 Å². The van der Waals surface area contributed by atoms with Gasteiger partial charge in [0.25, 0.3) is 0 Å². The molecule has 0 aliphatic rings. The van der Waals surface area contributed by atoms with Crippen LogP contribution in [0.1, 0.15) is 0 Å². The van der Waals surface area contributed by atoms with Gasteiger partial charge in [0.1, 0.15) is 23.0 Å². The van der Waals surface area contributed by atoms with Crippen molar-refractivity contribution in [1.29, 1.82) is 0 Å². The van der Waals surface area contributed by atoms with Crippen molar-refractivity contribution in [2.75, 3.05) is 0 Å². The summed E-state index contributed by atoms with van der Waals surface area (Å²) in [5.74, 6) is 2.69. The average Bonchev–Trinajstić information content (AvgIpc) is 3.07. The first-order valence-corrected chi connectivity index (χ1v) is 18.5. The Balaban J connectivity index is 1.71. The van der Waals surface area contributed by atoms with Crippen LogP contribution in [-0.4, -0.2) is 16.2 Å². The first-order valence-electron chi connectivity index (χ1n) is 13.8. The molecule has 0 N–H and O–H groups in total. The van der Waals surface area contributed by atoms with E-state index >= 15 is 0 Å². The topological polar surface area (TPSA) is 36.9 Å². The van der Waals surface area contributed by atoms with Crippen LogP contribution in [0.3, 0.4) is 0 Å². The smallest absolute Gasteiger partial charge is 0.507 e. The van der Waals surface area contributed by atoms with Crippen LogP contribution < -0.4 is 28.1 Å². The molecule has 0 heterocycles. The second-order valence-electron chi connectivity index (χ2n) is 9.63. The van der Waals surface area contributed by atoms with Crippen LogP contribution in [0.15, 0.2) is 182 Å². The Labute approximate surface area is 248 Å². The van der Waals surface area contributed by atoms with Gasteiger partial charge in [-0.05, 0) is 48.5 Å². The summed E-state index contributed by atoms with van der Waals surface area (Å²) < 4.78 is 29.1. The van der Waals surface area contributed by atoms with E-state index in [1.54, 1.807) is 0 Å². The van der Waals surface area contributed by atoms with Gasteiger partial charge in [-0.2, -0.15) is 0 Å². The minimum Gasteiger partial charge on any atom is -0.507 e. The van der Waals surface area contributed by atoms with Crippen LogP contribution in [0.4, 0.5) is 0 Å². The van der Waals surface area contributed by atoms with Crippen molar-refractivity contribution in [3.63, 3.8) is 0 Å². The molecule has 206 valence electrons. The summed E-state index contributed by atoms with van der Waals surface area (Å²) in [4.78, 5) is 0. The van der Waals surface area contributed by atoms with Crippen molar-refractivity contribution < 1.29 is 17.7 Å². The van der Waals surface area contributed by atoms with E-state index in [1.165, 1.54) is 0 Å². The summed E-state index contributed by atoms with van der Waals surface area (Å²) in [6.07, 6.45) is 0. The molecular formula is C36H30O4Si2. The lowest BCUT2D eigenvalue weighted by Gasteiger charge is -2.43. The third-order valence-electron chi connectivity index (χ3n) is 6.76. The summed E-state index contributed by atoms with van der Waals surface area (Å²) in [6.45, 7) is 0. The highest BCUT2D eigenvalue weighted by molar-refractivity contribution is 7.42. The Morgan fingerprint density at radius 2 is 0.429 bits per heavy atom. The largest absolute Gasteiger partial charge is 0.572 e. The minimum absolute atomic E-state index is 0.671. The molecule has 0 atom stereocenters. The SMILES string of the molecule is c1ccc(O[Si](Oc2ccccc2)(c2ccccc2)[Si](Oc2ccccc2)(Oc2ccccc2)c2ccccc2)cc1. The number of benzene rings is 6. The zero-order valence-electron chi connectivity index (χ0n) is 23.0. The second-order valence-corrected chi connectivity index (χ2v) is 18.0. The number of hydrogen-bond acceptors (Lipinski definition) is 4. The van der Waals surface area contributed by atoms with Crippen molar-refractivity contribution in [3.8, 4) is 23.0 Å². The van der Waals surface area contributed by atoms with Crippen molar-refractivity contribution in [2.24, 2.45) is 0 Å². The molecule has 6 aromatic carbocycles. The molecule has 0 aromatic heterocycles. The molecule has 6 heteroatoms. The van der Waals surface area contributed by atoms with Crippen molar-refractivity contribution in [3.05, 3.63) is 182 Å². The van der Waals surface area contributed by atoms with Gasteiger partial charge in [0, 0.05) is 10.4 Å². The summed E-state index contributed by atoms with van der Waals surface area (Å²) in [5.41, 5.74) is 0. The van der Waals surface area contributed by atoms with Crippen LogP contribution in [-0.2, 0) is 0 Å². The van der Waals surface area contributed by atoms with Crippen LogP contribution in [0.25, 0.3) is 0 Å². The highest BCUT2D eigenvalue weighted by Crippen LogP contribution is 2.32. The van der Waals surface area contributed by atoms with Gasteiger partial charge in [-0.3, -0.25) is 0 Å². The third kappa shape index (κ3) is 5.72. The summed E-state index contributed by atoms with van der Waals surface area (Å²) in [5, 5.41) is 1.78. The number of rotatable bonds is 11. The van der Waals surface area contributed by atoms with Gasteiger partial charge in [-0.25, -0.2) is 0 Å². The average molecular weight is 583 g/mol. The molecule has 0 aliphatic heterocycles. The maximum Gasteiger partial charge on any atom is 0.572 e. The van der Waals surface area contributed by atoms with E-state index in [1.807, 2.05) is 158 Å². The van der Waals surface area contributed by atoms with E-state index in [0.29, 0.717) is 23.0 Å². The van der Waals surface area contributed by atoms with Gasteiger partial charge in [-0.15, -0.1) is 0 Å². The van der Waals surface area contributed by atoms with Gasteiger partial charge in [-0.1, -0.05) is 133 Å². The van der Waals surface area contributed by atoms with Gasteiger partial charge in [0.15, 0.2) is 0 Å². The summed E-state index contributed by atoms with van der Waals surface area (Å²) in [6, 6.07) is 59.5. The zero-order chi connectivity index (χ0) is 28.5.